The number of aliphatic hydroxyl groups excluding tert-OH is 1. The van der Waals surface area contributed by atoms with E-state index in [-0.39, 0.29) is 12.0 Å². The lowest BCUT2D eigenvalue weighted by atomic mass is 9.85. The molecule has 0 radical (unpaired) electrons. The van der Waals surface area contributed by atoms with Gasteiger partial charge in [0, 0.05) is 30.9 Å². The van der Waals surface area contributed by atoms with Crippen LogP contribution in [0.2, 0.25) is 0 Å². The maximum atomic E-state index is 11.4. The number of hydrogen-bond acceptors (Lipinski definition) is 4. The molecule has 1 aromatic rings. The van der Waals surface area contributed by atoms with Gasteiger partial charge in [0.15, 0.2) is 0 Å². The number of nitrogens with one attached hydrogen (secondary N) is 1. The molecule has 0 saturated heterocycles. The zero-order chi connectivity index (χ0) is 12.9. The molecule has 1 unspecified atom stereocenters. The van der Waals surface area contributed by atoms with E-state index in [2.05, 4.69) is 10.3 Å². The second kappa shape index (κ2) is 5.75. The van der Waals surface area contributed by atoms with Crippen LogP contribution in [0, 0.1) is 0 Å². The minimum absolute atomic E-state index is 0.0703. The highest BCUT2D eigenvalue weighted by molar-refractivity contribution is 5.80. The number of hydrogen-bond donors (Lipinski definition) is 3. The summed E-state index contributed by atoms with van der Waals surface area (Å²) in [5, 5.41) is 11.9. The maximum Gasteiger partial charge on any atom is 0.250 e. The number of amides is 1. The van der Waals surface area contributed by atoms with E-state index in [4.69, 9.17) is 5.73 Å². The lowest BCUT2D eigenvalue weighted by molar-refractivity contribution is -0.129. The van der Waals surface area contributed by atoms with Gasteiger partial charge in [0.1, 0.15) is 6.10 Å². The first-order valence-electron chi connectivity index (χ1n) is 5.54. The van der Waals surface area contributed by atoms with Crippen molar-refractivity contribution in [1.29, 1.82) is 0 Å². The highest BCUT2D eigenvalue weighted by atomic mass is 16.3. The average molecular weight is 237 g/mol. The number of aromatic nitrogens is 1. The molecule has 5 heteroatoms. The molecule has 0 spiro atoms. The van der Waals surface area contributed by atoms with E-state index in [9.17, 15) is 9.90 Å². The van der Waals surface area contributed by atoms with Gasteiger partial charge in [0.25, 0.3) is 0 Å². The Kier molecular flexibility index (Phi) is 4.60. The highest BCUT2D eigenvalue weighted by Crippen LogP contribution is 2.20. The van der Waals surface area contributed by atoms with Gasteiger partial charge in [-0.1, -0.05) is 19.9 Å². The van der Waals surface area contributed by atoms with Gasteiger partial charge in [0.05, 0.1) is 0 Å². The van der Waals surface area contributed by atoms with E-state index in [1.807, 2.05) is 26.0 Å². The van der Waals surface area contributed by atoms with Gasteiger partial charge in [-0.15, -0.1) is 0 Å². The highest BCUT2D eigenvalue weighted by Gasteiger charge is 2.23. The van der Waals surface area contributed by atoms with Crippen LogP contribution in [0.4, 0.5) is 0 Å². The van der Waals surface area contributed by atoms with E-state index < -0.39 is 12.0 Å². The Morgan fingerprint density at radius 2 is 2.35 bits per heavy atom. The first-order chi connectivity index (χ1) is 7.97. The Morgan fingerprint density at radius 3 is 2.88 bits per heavy atom. The standard InChI is InChI=1S/C12H19N3O2/c1-12(2,9-4-3-5-14-7-9)8-15-11(17)10(16)6-13/h3-5,7,10,16H,6,8,13H2,1-2H3,(H,15,17). The van der Waals surface area contributed by atoms with Crippen molar-refractivity contribution in [2.75, 3.05) is 13.1 Å². The number of pyridine rings is 1. The molecular formula is C12H19N3O2. The summed E-state index contributed by atoms with van der Waals surface area (Å²) in [4.78, 5) is 15.4. The normalized spacial score (nSPS) is 13.2. The van der Waals surface area contributed by atoms with Crippen molar-refractivity contribution in [2.24, 2.45) is 5.73 Å². The van der Waals surface area contributed by atoms with Crippen LogP contribution in [-0.2, 0) is 10.2 Å². The molecule has 4 N–H and O–H groups in total. The average Bonchev–Trinajstić information content (AvgIpc) is 2.36. The molecule has 94 valence electrons. The van der Waals surface area contributed by atoms with Crippen molar-refractivity contribution in [3.63, 3.8) is 0 Å². The number of aliphatic hydroxyl groups is 1. The topological polar surface area (TPSA) is 88.2 Å². The van der Waals surface area contributed by atoms with Crippen LogP contribution in [0.25, 0.3) is 0 Å². The monoisotopic (exact) mass is 237 g/mol. The molecule has 1 atom stereocenters. The fourth-order valence-corrected chi connectivity index (χ4v) is 1.40. The number of carbonyl (C=O) groups is 1. The van der Waals surface area contributed by atoms with Crippen LogP contribution >= 0.6 is 0 Å². The van der Waals surface area contributed by atoms with Crippen LogP contribution in [0.1, 0.15) is 19.4 Å². The summed E-state index contributed by atoms with van der Waals surface area (Å²) in [6.45, 7) is 4.35. The van der Waals surface area contributed by atoms with Gasteiger partial charge in [-0.25, -0.2) is 0 Å². The van der Waals surface area contributed by atoms with Crippen molar-refractivity contribution in [2.45, 2.75) is 25.4 Å². The fourth-order valence-electron chi connectivity index (χ4n) is 1.40. The van der Waals surface area contributed by atoms with Crippen LogP contribution in [0.3, 0.4) is 0 Å². The Morgan fingerprint density at radius 1 is 1.65 bits per heavy atom. The van der Waals surface area contributed by atoms with Crippen molar-refractivity contribution in [1.82, 2.24) is 10.3 Å². The predicted octanol–water partition coefficient (Wildman–Crippen LogP) is -0.205. The molecule has 1 rings (SSSR count). The van der Waals surface area contributed by atoms with Gasteiger partial charge in [-0.05, 0) is 11.6 Å². The second-order valence-corrected chi connectivity index (χ2v) is 4.59. The number of rotatable bonds is 5. The largest absolute Gasteiger partial charge is 0.382 e. The number of carbonyl (C=O) groups excluding carboxylic acids is 1. The van der Waals surface area contributed by atoms with E-state index in [1.54, 1.807) is 12.4 Å². The molecule has 1 aromatic heterocycles. The van der Waals surface area contributed by atoms with Crippen molar-refractivity contribution in [3.8, 4) is 0 Å². The van der Waals surface area contributed by atoms with Crippen molar-refractivity contribution >= 4 is 5.91 Å². The van der Waals surface area contributed by atoms with Gasteiger partial charge in [0.2, 0.25) is 5.91 Å². The summed E-state index contributed by atoms with van der Waals surface area (Å²) in [7, 11) is 0. The van der Waals surface area contributed by atoms with Gasteiger partial charge in [-0.3, -0.25) is 9.78 Å². The molecule has 0 aliphatic rings. The fraction of sp³-hybridized carbons (Fsp3) is 0.500. The summed E-state index contributed by atoms with van der Waals surface area (Å²) >= 11 is 0. The van der Waals surface area contributed by atoms with Crippen molar-refractivity contribution in [3.05, 3.63) is 30.1 Å². The molecule has 5 nitrogen and oxygen atoms in total. The summed E-state index contributed by atoms with van der Waals surface area (Å²) in [5.74, 6) is -0.440. The van der Waals surface area contributed by atoms with Gasteiger partial charge < -0.3 is 16.2 Å². The SMILES string of the molecule is CC(C)(CNC(=O)C(O)CN)c1cccnc1. The third-order valence-corrected chi connectivity index (χ3v) is 2.67. The Balaban J connectivity index is 2.59. The van der Waals surface area contributed by atoms with E-state index in [0.29, 0.717) is 6.54 Å². The molecular weight excluding hydrogens is 218 g/mol. The Hall–Kier alpha value is -1.46. The lowest BCUT2D eigenvalue weighted by Crippen LogP contribution is -2.44. The summed E-state index contributed by atoms with van der Waals surface area (Å²) in [6, 6.07) is 3.81. The van der Waals surface area contributed by atoms with E-state index in [1.165, 1.54) is 0 Å². The maximum absolute atomic E-state index is 11.4. The molecule has 0 aliphatic carbocycles. The first kappa shape index (κ1) is 13.6. The molecule has 0 aliphatic heterocycles. The summed E-state index contributed by atoms with van der Waals surface area (Å²) < 4.78 is 0. The van der Waals surface area contributed by atoms with E-state index >= 15 is 0 Å². The molecule has 17 heavy (non-hydrogen) atoms. The predicted molar refractivity (Wildman–Crippen MR) is 65.3 cm³/mol. The summed E-state index contributed by atoms with van der Waals surface area (Å²) in [6.07, 6.45) is 2.33. The third-order valence-electron chi connectivity index (χ3n) is 2.67. The van der Waals surface area contributed by atoms with Crippen molar-refractivity contribution < 1.29 is 9.90 Å². The van der Waals surface area contributed by atoms with Crippen LogP contribution in [-0.4, -0.2) is 35.2 Å². The first-order valence-corrected chi connectivity index (χ1v) is 5.54. The molecule has 0 bridgehead atoms. The molecule has 0 aromatic carbocycles. The quantitative estimate of drug-likeness (QED) is 0.661. The second-order valence-electron chi connectivity index (χ2n) is 4.59. The molecule has 0 fully saturated rings. The van der Waals surface area contributed by atoms with Gasteiger partial charge >= 0.3 is 0 Å². The smallest absolute Gasteiger partial charge is 0.250 e. The Bertz CT molecular complexity index is 365. The number of nitrogens with two attached hydrogens (primary N) is 1. The van der Waals surface area contributed by atoms with Crippen LogP contribution in [0.15, 0.2) is 24.5 Å². The van der Waals surface area contributed by atoms with Crippen LogP contribution in [0.5, 0.6) is 0 Å². The molecule has 1 heterocycles. The number of nitrogens with zero attached hydrogens (tertiary/aromatic N) is 1. The van der Waals surface area contributed by atoms with Gasteiger partial charge in [-0.2, -0.15) is 0 Å². The zero-order valence-electron chi connectivity index (χ0n) is 10.2. The minimum atomic E-state index is -1.14. The zero-order valence-corrected chi connectivity index (χ0v) is 10.2. The Labute approximate surface area is 101 Å². The molecule has 0 saturated carbocycles. The summed E-state index contributed by atoms with van der Waals surface area (Å²) in [5.41, 5.74) is 5.99. The third kappa shape index (κ3) is 3.80. The van der Waals surface area contributed by atoms with Crippen LogP contribution < -0.4 is 11.1 Å². The van der Waals surface area contributed by atoms with E-state index in [0.717, 1.165) is 5.56 Å². The lowest BCUT2D eigenvalue weighted by Gasteiger charge is -2.25. The minimum Gasteiger partial charge on any atom is -0.382 e. The molecule has 1 amide bonds.